The van der Waals surface area contributed by atoms with E-state index in [1.165, 1.54) is 4.31 Å². The van der Waals surface area contributed by atoms with Crippen LogP contribution in [-0.4, -0.2) is 49.9 Å². The molecule has 112 valence electrons. The van der Waals surface area contributed by atoms with Gasteiger partial charge in [0, 0.05) is 43.8 Å². The minimum Gasteiger partial charge on any atom is -0.329 e. The number of sulfonamides is 1. The molecular formula is C14H18N4O2S. The highest BCUT2D eigenvalue weighted by atomic mass is 32.2. The van der Waals surface area contributed by atoms with E-state index in [2.05, 4.69) is 10.3 Å². The Balaban J connectivity index is 2.12. The highest BCUT2D eigenvalue weighted by molar-refractivity contribution is 7.89. The first-order chi connectivity index (χ1) is 10.1. The van der Waals surface area contributed by atoms with E-state index in [4.69, 9.17) is 5.73 Å². The molecule has 1 aliphatic rings. The van der Waals surface area contributed by atoms with E-state index in [0.29, 0.717) is 42.0 Å². The average molecular weight is 306 g/mol. The van der Waals surface area contributed by atoms with Gasteiger partial charge in [0.15, 0.2) is 0 Å². The summed E-state index contributed by atoms with van der Waals surface area (Å²) in [7, 11) is -3.58. The van der Waals surface area contributed by atoms with Gasteiger partial charge < -0.3 is 11.1 Å². The molecule has 0 spiro atoms. The van der Waals surface area contributed by atoms with Crippen LogP contribution in [0, 0.1) is 0 Å². The molecule has 1 fully saturated rings. The average Bonchev–Trinajstić information content (AvgIpc) is 2.54. The quantitative estimate of drug-likeness (QED) is 0.843. The molecule has 0 aliphatic carbocycles. The van der Waals surface area contributed by atoms with E-state index >= 15 is 0 Å². The zero-order valence-electron chi connectivity index (χ0n) is 11.6. The van der Waals surface area contributed by atoms with E-state index in [1.54, 1.807) is 30.5 Å². The molecule has 2 heterocycles. The first-order valence-electron chi connectivity index (χ1n) is 6.91. The van der Waals surface area contributed by atoms with Crippen molar-refractivity contribution in [3.63, 3.8) is 0 Å². The minimum absolute atomic E-state index is 0.212. The van der Waals surface area contributed by atoms with Crippen molar-refractivity contribution in [2.45, 2.75) is 10.9 Å². The second-order valence-corrected chi connectivity index (χ2v) is 6.89. The van der Waals surface area contributed by atoms with Crippen LogP contribution in [0.4, 0.5) is 0 Å². The van der Waals surface area contributed by atoms with Gasteiger partial charge in [-0.3, -0.25) is 4.98 Å². The number of nitrogens with zero attached hydrogens (tertiary/aromatic N) is 2. The van der Waals surface area contributed by atoms with Gasteiger partial charge in [0.05, 0.1) is 10.4 Å². The van der Waals surface area contributed by atoms with Crippen molar-refractivity contribution in [1.82, 2.24) is 14.6 Å². The van der Waals surface area contributed by atoms with Crippen LogP contribution in [0.25, 0.3) is 10.9 Å². The number of rotatable bonds is 3. The number of pyridine rings is 1. The van der Waals surface area contributed by atoms with E-state index in [0.717, 1.165) is 0 Å². The largest absolute Gasteiger partial charge is 0.329 e. The lowest BCUT2D eigenvalue weighted by Crippen LogP contribution is -2.56. The van der Waals surface area contributed by atoms with Crippen LogP contribution >= 0.6 is 0 Å². The molecule has 0 amide bonds. The van der Waals surface area contributed by atoms with E-state index < -0.39 is 10.0 Å². The van der Waals surface area contributed by atoms with Crippen molar-refractivity contribution in [3.8, 4) is 0 Å². The van der Waals surface area contributed by atoms with Gasteiger partial charge in [-0.1, -0.05) is 6.07 Å². The molecule has 3 rings (SSSR count). The third-order valence-corrected chi connectivity index (χ3v) is 5.77. The fourth-order valence-electron chi connectivity index (χ4n) is 2.69. The molecule has 0 bridgehead atoms. The van der Waals surface area contributed by atoms with Crippen LogP contribution in [0.15, 0.2) is 41.4 Å². The van der Waals surface area contributed by atoms with E-state index in [9.17, 15) is 8.42 Å². The normalized spacial score (nSPS) is 20.7. The van der Waals surface area contributed by atoms with Gasteiger partial charge in [0.1, 0.15) is 0 Å². The molecule has 2 aromatic rings. The van der Waals surface area contributed by atoms with Gasteiger partial charge in [0.25, 0.3) is 0 Å². The van der Waals surface area contributed by atoms with E-state index in [1.807, 2.05) is 6.07 Å². The maximum Gasteiger partial charge on any atom is 0.244 e. The molecule has 1 unspecified atom stereocenters. The number of benzene rings is 1. The lowest BCUT2D eigenvalue weighted by molar-refractivity contribution is 0.273. The summed E-state index contributed by atoms with van der Waals surface area (Å²) in [4.78, 5) is 4.52. The van der Waals surface area contributed by atoms with Gasteiger partial charge in [-0.05, 0) is 24.3 Å². The fraction of sp³-hybridized carbons (Fsp3) is 0.357. The first-order valence-corrected chi connectivity index (χ1v) is 8.35. The second-order valence-electron chi connectivity index (χ2n) is 5.04. The number of hydrogen-bond acceptors (Lipinski definition) is 5. The molecule has 7 heteroatoms. The molecule has 1 atom stereocenters. The Morgan fingerprint density at radius 1 is 1.33 bits per heavy atom. The molecular weight excluding hydrogens is 288 g/mol. The molecule has 1 aromatic carbocycles. The van der Waals surface area contributed by atoms with Crippen LogP contribution in [0.1, 0.15) is 0 Å². The van der Waals surface area contributed by atoms with Crippen LogP contribution in [0.3, 0.4) is 0 Å². The predicted molar refractivity (Wildman–Crippen MR) is 81.3 cm³/mol. The Labute approximate surface area is 124 Å². The molecule has 0 saturated carbocycles. The number of nitrogens with two attached hydrogens (primary N) is 1. The lowest BCUT2D eigenvalue weighted by Gasteiger charge is -2.34. The van der Waals surface area contributed by atoms with Crippen molar-refractivity contribution >= 4 is 20.9 Å². The summed E-state index contributed by atoms with van der Waals surface area (Å²) in [6, 6.07) is 8.49. The number of nitrogens with one attached hydrogen (secondary N) is 1. The summed E-state index contributed by atoms with van der Waals surface area (Å²) >= 11 is 0. The SMILES string of the molecule is NCC1CNCCN1S(=O)(=O)c1cccc2ncccc12. The second kappa shape index (κ2) is 5.69. The maximum atomic E-state index is 13.0. The molecule has 1 saturated heterocycles. The number of piperazine rings is 1. The summed E-state index contributed by atoms with van der Waals surface area (Å²) in [6.07, 6.45) is 1.66. The summed E-state index contributed by atoms with van der Waals surface area (Å²) in [5.74, 6) is 0. The first kappa shape index (κ1) is 14.4. The fourth-order valence-corrected chi connectivity index (χ4v) is 4.52. The van der Waals surface area contributed by atoms with Crippen molar-refractivity contribution in [2.75, 3.05) is 26.2 Å². The smallest absolute Gasteiger partial charge is 0.244 e. The highest BCUT2D eigenvalue weighted by Crippen LogP contribution is 2.26. The van der Waals surface area contributed by atoms with Gasteiger partial charge in [-0.15, -0.1) is 0 Å². The molecule has 0 radical (unpaired) electrons. The zero-order valence-corrected chi connectivity index (χ0v) is 12.4. The molecule has 3 N–H and O–H groups in total. The summed E-state index contributed by atoms with van der Waals surface area (Å²) in [5, 5.41) is 3.83. The summed E-state index contributed by atoms with van der Waals surface area (Å²) in [6.45, 7) is 1.95. The van der Waals surface area contributed by atoms with Crippen molar-refractivity contribution in [1.29, 1.82) is 0 Å². The number of hydrogen-bond donors (Lipinski definition) is 2. The third kappa shape index (κ3) is 2.53. The van der Waals surface area contributed by atoms with Gasteiger partial charge in [0.2, 0.25) is 10.0 Å². The van der Waals surface area contributed by atoms with Crippen molar-refractivity contribution < 1.29 is 8.42 Å². The summed E-state index contributed by atoms with van der Waals surface area (Å²) < 4.78 is 27.5. The van der Waals surface area contributed by atoms with Crippen LogP contribution in [0.5, 0.6) is 0 Å². The number of fused-ring (bicyclic) bond motifs is 1. The topological polar surface area (TPSA) is 88.3 Å². The van der Waals surface area contributed by atoms with Crippen molar-refractivity contribution in [2.24, 2.45) is 5.73 Å². The van der Waals surface area contributed by atoms with E-state index in [-0.39, 0.29) is 6.04 Å². The molecule has 1 aromatic heterocycles. The minimum atomic E-state index is -3.58. The summed E-state index contributed by atoms with van der Waals surface area (Å²) in [5.41, 5.74) is 6.40. The van der Waals surface area contributed by atoms with Gasteiger partial charge in [-0.2, -0.15) is 4.31 Å². The van der Waals surface area contributed by atoms with Crippen LogP contribution in [-0.2, 0) is 10.0 Å². The Bertz CT molecular complexity index is 742. The van der Waals surface area contributed by atoms with Crippen LogP contribution < -0.4 is 11.1 Å². The molecule has 21 heavy (non-hydrogen) atoms. The maximum absolute atomic E-state index is 13.0. The third-order valence-electron chi connectivity index (χ3n) is 3.76. The molecule has 6 nitrogen and oxygen atoms in total. The lowest BCUT2D eigenvalue weighted by atomic mass is 10.2. The van der Waals surface area contributed by atoms with Gasteiger partial charge >= 0.3 is 0 Å². The van der Waals surface area contributed by atoms with Crippen molar-refractivity contribution in [3.05, 3.63) is 36.5 Å². The van der Waals surface area contributed by atoms with Crippen LogP contribution in [0.2, 0.25) is 0 Å². The Morgan fingerprint density at radius 2 is 2.19 bits per heavy atom. The predicted octanol–water partition coefficient (Wildman–Crippen LogP) is 0.156. The Kier molecular flexibility index (Phi) is 3.90. The number of aromatic nitrogens is 1. The highest BCUT2D eigenvalue weighted by Gasteiger charge is 2.33. The molecule has 1 aliphatic heterocycles. The van der Waals surface area contributed by atoms with Gasteiger partial charge in [-0.25, -0.2) is 8.42 Å². The Morgan fingerprint density at radius 3 is 3.00 bits per heavy atom. The Hall–Kier alpha value is -1.54. The zero-order chi connectivity index (χ0) is 14.9. The monoisotopic (exact) mass is 306 g/mol. The standard InChI is InChI=1S/C14H18N4O2S/c15-9-11-10-16-7-8-18(11)21(19,20)14-5-1-4-13-12(14)3-2-6-17-13/h1-6,11,16H,7-10,15H2.